The lowest BCUT2D eigenvalue weighted by Crippen LogP contribution is -2.35. The van der Waals surface area contributed by atoms with Crippen LogP contribution in [0.15, 0.2) is 5.10 Å². The van der Waals surface area contributed by atoms with Crippen molar-refractivity contribution in [2.75, 3.05) is 19.6 Å². The molecular weight excluding hydrogens is 206 g/mol. The summed E-state index contributed by atoms with van der Waals surface area (Å²) >= 11 is 0. The van der Waals surface area contributed by atoms with Crippen molar-refractivity contribution in [3.63, 3.8) is 0 Å². The number of alkyl carbamates (subject to hydrolysis) is 1. The lowest BCUT2D eigenvalue weighted by molar-refractivity contribution is 0.0520. The summed E-state index contributed by atoms with van der Waals surface area (Å²) in [4.78, 5) is 11.4. The second kappa shape index (κ2) is 5.18. The van der Waals surface area contributed by atoms with Crippen molar-refractivity contribution in [2.45, 2.75) is 32.8 Å². The molecule has 1 unspecified atom stereocenters. The van der Waals surface area contributed by atoms with Gasteiger partial charge in [0.15, 0.2) is 0 Å². The number of carbonyl (C=O) groups excluding carboxylic acids is 1. The molecule has 1 aliphatic heterocycles. The van der Waals surface area contributed by atoms with Gasteiger partial charge in [-0.15, -0.1) is 0 Å². The standard InChI is InChI=1S/C11H21N3O2/c1-11(2,3)16-10(15)13-7-9-5-6-14(8-9)12-4/h9H,4-8H2,1-3H3,(H,13,15). The maximum Gasteiger partial charge on any atom is 0.407 e. The summed E-state index contributed by atoms with van der Waals surface area (Å²) in [5.41, 5.74) is -0.436. The zero-order chi connectivity index (χ0) is 12.2. The van der Waals surface area contributed by atoms with Crippen LogP contribution < -0.4 is 5.32 Å². The topological polar surface area (TPSA) is 53.9 Å². The summed E-state index contributed by atoms with van der Waals surface area (Å²) in [7, 11) is 0. The van der Waals surface area contributed by atoms with Gasteiger partial charge in [-0.2, -0.15) is 5.10 Å². The highest BCUT2D eigenvalue weighted by Gasteiger charge is 2.22. The Bertz CT molecular complexity index is 260. The van der Waals surface area contributed by atoms with E-state index in [1.807, 2.05) is 25.8 Å². The number of nitrogens with zero attached hydrogens (tertiary/aromatic N) is 2. The first-order valence-electron chi connectivity index (χ1n) is 5.59. The van der Waals surface area contributed by atoms with Crippen LogP contribution in [-0.2, 0) is 4.74 Å². The van der Waals surface area contributed by atoms with E-state index >= 15 is 0 Å². The van der Waals surface area contributed by atoms with Gasteiger partial charge in [0.25, 0.3) is 0 Å². The largest absolute Gasteiger partial charge is 0.444 e. The molecule has 0 spiro atoms. The van der Waals surface area contributed by atoms with Crippen LogP contribution in [0.5, 0.6) is 0 Å². The average molecular weight is 227 g/mol. The average Bonchev–Trinajstić information content (AvgIpc) is 2.59. The number of amides is 1. The number of hydrogen-bond acceptors (Lipinski definition) is 4. The van der Waals surface area contributed by atoms with Crippen LogP contribution in [0.25, 0.3) is 0 Å². The van der Waals surface area contributed by atoms with Crippen LogP contribution >= 0.6 is 0 Å². The van der Waals surface area contributed by atoms with Gasteiger partial charge in [-0.1, -0.05) is 0 Å². The molecule has 0 radical (unpaired) electrons. The van der Waals surface area contributed by atoms with E-state index in [2.05, 4.69) is 17.1 Å². The molecule has 0 aliphatic carbocycles. The Kier molecular flexibility index (Phi) is 4.15. The van der Waals surface area contributed by atoms with Crippen molar-refractivity contribution in [1.82, 2.24) is 10.3 Å². The number of rotatable bonds is 3. The fourth-order valence-corrected chi connectivity index (χ4v) is 1.65. The van der Waals surface area contributed by atoms with Crippen LogP contribution in [0.4, 0.5) is 4.79 Å². The quantitative estimate of drug-likeness (QED) is 0.742. The highest BCUT2D eigenvalue weighted by atomic mass is 16.6. The second-order valence-electron chi connectivity index (χ2n) is 5.09. The summed E-state index contributed by atoms with van der Waals surface area (Å²) in [6.07, 6.45) is 0.687. The Labute approximate surface area is 96.8 Å². The lowest BCUT2D eigenvalue weighted by atomic mass is 10.1. The molecule has 1 N–H and O–H groups in total. The van der Waals surface area contributed by atoms with Gasteiger partial charge in [-0.25, -0.2) is 4.79 Å². The Morgan fingerprint density at radius 2 is 2.31 bits per heavy atom. The molecule has 5 heteroatoms. The third-order valence-electron chi connectivity index (χ3n) is 2.40. The lowest BCUT2D eigenvalue weighted by Gasteiger charge is -2.20. The molecule has 1 saturated heterocycles. The molecule has 1 aliphatic rings. The molecule has 1 amide bonds. The molecule has 1 heterocycles. The zero-order valence-electron chi connectivity index (χ0n) is 10.3. The fraction of sp³-hybridized carbons (Fsp3) is 0.818. The summed E-state index contributed by atoms with van der Waals surface area (Å²) in [6, 6.07) is 0. The summed E-state index contributed by atoms with van der Waals surface area (Å²) < 4.78 is 5.15. The molecule has 1 fully saturated rings. The van der Waals surface area contributed by atoms with E-state index in [1.54, 1.807) is 0 Å². The first-order valence-corrected chi connectivity index (χ1v) is 5.59. The van der Waals surface area contributed by atoms with Crippen LogP contribution in [0.2, 0.25) is 0 Å². The molecule has 92 valence electrons. The van der Waals surface area contributed by atoms with E-state index in [4.69, 9.17) is 4.74 Å². The number of ether oxygens (including phenoxy) is 1. The van der Waals surface area contributed by atoms with Gasteiger partial charge in [0.05, 0.1) is 0 Å². The molecule has 1 atom stereocenters. The van der Waals surface area contributed by atoms with Gasteiger partial charge in [0.2, 0.25) is 0 Å². The number of hydrogen-bond donors (Lipinski definition) is 1. The van der Waals surface area contributed by atoms with Crippen molar-refractivity contribution in [2.24, 2.45) is 11.0 Å². The molecule has 0 aromatic rings. The van der Waals surface area contributed by atoms with E-state index in [-0.39, 0.29) is 6.09 Å². The van der Waals surface area contributed by atoms with E-state index in [0.29, 0.717) is 12.5 Å². The monoisotopic (exact) mass is 227 g/mol. The van der Waals surface area contributed by atoms with E-state index in [9.17, 15) is 4.79 Å². The van der Waals surface area contributed by atoms with Crippen molar-refractivity contribution >= 4 is 12.8 Å². The van der Waals surface area contributed by atoms with E-state index in [0.717, 1.165) is 19.5 Å². The first-order chi connectivity index (χ1) is 7.40. The predicted molar refractivity (Wildman–Crippen MR) is 63.5 cm³/mol. The molecule has 1 rings (SSSR count). The Morgan fingerprint density at radius 3 is 2.81 bits per heavy atom. The minimum atomic E-state index is -0.436. The van der Waals surface area contributed by atoms with Gasteiger partial charge in [0, 0.05) is 26.4 Å². The Morgan fingerprint density at radius 1 is 1.62 bits per heavy atom. The van der Waals surface area contributed by atoms with Gasteiger partial charge in [-0.05, 0) is 33.1 Å². The maximum absolute atomic E-state index is 11.4. The summed E-state index contributed by atoms with van der Waals surface area (Å²) in [5, 5.41) is 8.56. The molecule has 16 heavy (non-hydrogen) atoms. The number of nitrogens with one attached hydrogen (secondary N) is 1. The first kappa shape index (κ1) is 12.8. The smallest absolute Gasteiger partial charge is 0.407 e. The van der Waals surface area contributed by atoms with Crippen molar-refractivity contribution in [3.8, 4) is 0 Å². The van der Waals surface area contributed by atoms with Gasteiger partial charge in [0.1, 0.15) is 5.60 Å². The van der Waals surface area contributed by atoms with Crippen LogP contribution in [0.1, 0.15) is 27.2 Å². The van der Waals surface area contributed by atoms with Crippen molar-refractivity contribution in [1.29, 1.82) is 0 Å². The van der Waals surface area contributed by atoms with Crippen LogP contribution in [0, 0.1) is 5.92 Å². The van der Waals surface area contributed by atoms with Gasteiger partial charge >= 0.3 is 6.09 Å². The molecule has 5 nitrogen and oxygen atoms in total. The zero-order valence-corrected chi connectivity index (χ0v) is 10.3. The second-order valence-corrected chi connectivity index (χ2v) is 5.09. The van der Waals surface area contributed by atoms with Crippen molar-refractivity contribution in [3.05, 3.63) is 0 Å². The normalized spacial score (nSPS) is 20.7. The molecule has 0 saturated carbocycles. The van der Waals surface area contributed by atoms with Crippen LogP contribution in [0.3, 0.4) is 0 Å². The predicted octanol–water partition coefficient (Wildman–Crippen LogP) is 1.45. The minimum absolute atomic E-state index is 0.350. The molecule has 0 aromatic heterocycles. The minimum Gasteiger partial charge on any atom is -0.444 e. The summed E-state index contributed by atoms with van der Waals surface area (Å²) in [6.45, 7) is 11.5. The maximum atomic E-state index is 11.4. The van der Waals surface area contributed by atoms with Crippen LogP contribution in [-0.4, -0.2) is 43.1 Å². The highest BCUT2D eigenvalue weighted by molar-refractivity contribution is 5.67. The van der Waals surface area contributed by atoms with Gasteiger partial charge in [-0.3, -0.25) is 5.01 Å². The summed E-state index contributed by atoms with van der Waals surface area (Å²) in [5.74, 6) is 0.443. The van der Waals surface area contributed by atoms with E-state index in [1.165, 1.54) is 0 Å². The van der Waals surface area contributed by atoms with E-state index < -0.39 is 5.60 Å². The number of hydrazone groups is 1. The molecule has 0 bridgehead atoms. The Balaban J connectivity index is 2.20. The third kappa shape index (κ3) is 4.51. The SMILES string of the molecule is C=NN1CCC(CNC(=O)OC(C)(C)C)C1. The third-order valence-corrected chi connectivity index (χ3v) is 2.40. The van der Waals surface area contributed by atoms with Crippen molar-refractivity contribution < 1.29 is 9.53 Å². The number of carbonyl (C=O) groups is 1. The molecule has 0 aromatic carbocycles. The fourth-order valence-electron chi connectivity index (χ4n) is 1.65. The highest BCUT2D eigenvalue weighted by Crippen LogP contribution is 2.15. The molecular formula is C11H21N3O2. The Hall–Kier alpha value is -1.26. The van der Waals surface area contributed by atoms with Gasteiger partial charge < -0.3 is 10.1 Å².